The van der Waals surface area contributed by atoms with E-state index in [2.05, 4.69) is 48.5 Å². The molecule has 1 heterocycles. The fraction of sp³-hybridized carbons (Fsp3) is 0.100. The third-order valence-corrected chi connectivity index (χ3v) is 4.35. The molecule has 0 saturated carbocycles. The minimum absolute atomic E-state index is 0.556. The summed E-state index contributed by atoms with van der Waals surface area (Å²) in [5.41, 5.74) is 6.59. The lowest BCUT2D eigenvalue weighted by Gasteiger charge is -2.23. The summed E-state index contributed by atoms with van der Waals surface area (Å²) in [5.74, 6) is 0. The Morgan fingerprint density at radius 2 is 1.43 bits per heavy atom. The second kappa shape index (κ2) is 6.03. The van der Waals surface area contributed by atoms with Crippen molar-refractivity contribution < 1.29 is 9.68 Å². The molecule has 0 saturated heterocycles. The van der Waals surface area contributed by atoms with Crippen molar-refractivity contribution in [1.29, 1.82) is 0 Å². The third kappa shape index (κ3) is 2.69. The van der Waals surface area contributed by atoms with Gasteiger partial charge < -0.3 is 9.68 Å². The van der Waals surface area contributed by atoms with E-state index in [1.54, 1.807) is 0 Å². The van der Waals surface area contributed by atoms with Crippen LogP contribution < -0.4 is 5.46 Å². The zero-order valence-electron chi connectivity index (χ0n) is 12.8. The predicted octanol–water partition coefficient (Wildman–Crippen LogP) is 3.28. The van der Waals surface area contributed by atoms with Crippen LogP contribution in [-0.4, -0.2) is 18.7 Å². The summed E-state index contributed by atoms with van der Waals surface area (Å²) < 4.78 is 5.47. The van der Waals surface area contributed by atoms with E-state index in [1.165, 1.54) is 16.7 Å². The smallest absolute Gasteiger partial charge is 0.423 e. The highest BCUT2D eigenvalue weighted by Gasteiger charge is 2.28. The van der Waals surface area contributed by atoms with Gasteiger partial charge in [-0.25, -0.2) is 0 Å². The normalized spacial score (nSPS) is 13.7. The fourth-order valence-electron chi connectivity index (χ4n) is 3.23. The molecule has 1 aliphatic heterocycles. The van der Waals surface area contributed by atoms with Gasteiger partial charge in [0.1, 0.15) is 0 Å². The Morgan fingerprint density at radius 1 is 0.783 bits per heavy atom. The van der Waals surface area contributed by atoms with Gasteiger partial charge in [0.15, 0.2) is 0 Å². The lowest BCUT2D eigenvalue weighted by Crippen LogP contribution is -2.42. The summed E-state index contributed by atoms with van der Waals surface area (Å²) in [5, 5.41) is 10.3. The Balaban J connectivity index is 1.95. The molecule has 3 heteroatoms. The third-order valence-electron chi connectivity index (χ3n) is 4.35. The molecule has 0 bridgehead atoms. The largest absolute Gasteiger partial charge is 0.492 e. The molecule has 3 aromatic rings. The molecule has 1 aliphatic rings. The summed E-state index contributed by atoms with van der Waals surface area (Å²) in [6.07, 6.45) is 0.826. The molecule has 2 nitrogen and oxygen atoms in total. The van der Waals surface area contributed by atoms with Crippen LogP contribution in [0.1, 0.15) is 5.56 Å². The molecule has 0 aromatic heterocycles. The van der Waals surface area contributed by atoms with E-state index in [0.29, 0.717) is 6.61 Å². The second-order valence-electron chi connectivity index (χ2n) is 5.80. The van der Waals surface area contributed by atoms with E-state index in [0.717, 1.165) is 23.0 Å². The van der Waals surface area contributed by atoms with E-state index < -0.39 is 7.12 Å². The van der Waals surface area contributed by atoms with Crippen molar-refractivity contribution in [2.24, 2.45) is 0 Å². The van der Waals surface area contributed by atoms with E-state index in [-0.39, 0.29) is 0 Å². The molecule has 0 amide bonds. The lowest BCUT2D eigenvalue weighted by atomic mass is 9.69. The minimum atomic E-state index is -0.848. The standard InChI is InChI=1S/C20H17BO2/c22-21-20-17(11-12-23-21)13-18(15-7-3-1-4-8-15)14-19(20)16-9-5-2-6-10-16/h1-10,13-14,22H,11-12H2. The average Bonchev–Trinajstić information content (AvgIpc) is 2.62. The Bertz CT molecular complexity index is 816. The lowest BCUT2D eigenvalue weighted by molar-refractivity contribution is 0.266. The minimum Gasteiger partial charge on any atom is -0.423 e. The summed E-state index contributed by atoms with van der Waals surface area (Å²) in [4.78, 5) is 0. The highest BCUT2D eigenvalue weighted by atomic mass is 16.5. The fourth-order valence-corrected chi connectivity index (χ4v) is 3.23. The van der Waals surface area contributed by atoms with E-state index in [4.69, 9.17) is 4.65 Å². The summed E-state index contributed by atoms with van der Waals surface area (Å²) in [6, 6.07) is 24.9. The molecule has 0 unspecified atom stereocenters. The van der Waals surface area contributed by atoms with Crippen molar-refractivity contribution in [1.82, 2.24) is 0 Å². The van der Waals surface area contributed by atoms with Gasteiger partial charge in [0.25, 0.3) is 0 Å². The van der Waals surface area contributed by atoms with Crippen LogP contribution in [0.2, 0.25) is 0 Å². The molecule has 4 rings (SSSR count). The number of hydrogen-bond acceptors (Lipinski definition) is 2. The van der Waals surface area contributed by atoms with Gasteiger partial charge in [0.2, 0.25) is 0 Å². The predicted molar refractivity (Wildman–Crippen MR) is 94.6 cm³/mol. The maximum atomic E-state index is 10.3. The second-order valence-corrected chi connectivity index (χ2v) is 5.80. The maximum absolute atomic E-state index is 10.3. The highest BCUT2D eigenvalue weighted by Crippen LogP contribution is 2.28. The molecule has 0 aliphatic carbocycles. The number of benzene rings is 3. The van der Waals surface area contributed by atoms with Gasteiger partial charge >= 0.3 is 7.12 Å². The molecule has 0 radical (unpaired) electrons. The van der Waals surface area contributed by atoms with E-state index in [9.17, 15) is 5.02 Å². The Hall–Kier alpha value is -2.36. The number of fused-ring (bicyclic) bond motifs is 1. The van der Waals surface area contributed by atoms with Gasteiger partial charge in [-0.2, -0.15) is 0 Å². The highest BCUT2D eigenvalue weighted by molar-refractivity contribution is 6.62. The van der Waals surface area contributed by atoms with Gasteiger partial charge in [-0.1, -0.05) is 66.7 Å². The van der Waals surface area contributed by atoms with Crippen molar-refractivity contribution >= 4 is 12.6 Å². The van der Waals surface area contributed by atoms with Crippen molar-refractivity contribution in [3.63, 3.8) is 0 Å². The topological polar surface area (TPSA) is 29.5 Å². The van der Waals surface area contributed by atoms with Gasteiger partial charge in [-0.05, 0) is 45.8 Å². The van der Waals surface area contributed by atoms with E-state index in [1.807, 2.05) is 24.3 Å². The Kier molecular flexibility index (Phi) is 3.74. The van der Waals surface area contributed by atoms with Crippen LogP contribution in [0.15, 0.2) is 72.8 Å². The van der Waals surface area contributed by atoms with Gasteiger partial charge in [-0.3, -0.25) is 0 Å². The maximum Gasteiger partial charge on any atom is 0.492 e. The molecule has 3 aromatic carbocycles. The first-order valence-corrected chi connectivity index (χ1v) is 7.90. The average molecular weight is 300 g/mol. The molecule has 0 spiro atoms. The molecule has 112 valence electrons. The molecule has 1 N–H and O–H groups in total. The number of hydrogen-bond donors (Lipinski definition) is 1. The van der Waals surface area contributed by atoms with Crippen LogP contribution in [0, 0.1) is 0 Å². The Morgan fingerprint density at radius 3 is 2.13 bits per heavy atom. The van der Waals surface area contributed by atoms with Gasteiger partial charge in [0, 0.05) is 6.61 Å². The first-order valence-electron chi connectivity index (χ1n) is 7.90. The first kappa shape index (κ1) is 14.3. The monoisotopic (exact) mass is 300 g/mol. The van der Waals surface area contributed by atoms with Crippen molar-refractivity contribution in [3.05, 3.63) is 78.4 Å². The van der Waals surface area contributed by atoms with Gasteiger partial charge in [-0.15, -0.1) is 0 Å². The summed E-state index contributed by atoms with van der Waals surface area (Å²) in [7, 11) is -0.848. The van der Waals surface area contributed by atoms with Crippen LogP contribution >= 0.6 is 0 Å². The molecule has 0 fully saturated rings. The zero-order chi connectivity index (χ0) is 15.6. The van der Waals surface area contributed by atoms with Crippen LogP contribution in [0.5, 0.6) is 0 Å². The number of rotatable bonds is 2. The van der Waals surface area contributed by atoms with Gasteiger partial charge in [0.05, 0.1) is 0 Å². The van der Waals surface area contributed by atoms with E-state index >= 15 is 0 Å². The van der Waals surface area contributed by atoms with Crippen LogP contribution in [0.25, 0.3) is 22.3 Å². The van der Waals surface area contributed by atoms with Crippen molar-refractivity contribution in [2.75, 3.05) is 6.61 Å². The Labute approximate surface area is 136 Å². The molecule has 23 heavy (non-hydrogen) atoms. The summed E-state index contributed by atoms with van der Waals surface area (Å²) >= 11 is 0. The SMILES string of the molecule is OB1OCCc2cc(-c3ccccc3)cc(-c3ccccc3)c21. The van der Waals surface area contributed by atoms with Crippen molar-refractivity contribution in [2.45, 2.75) is 6.42 Å². The molecular weight excluding hydrogens is 283 g/mol. The van der Waals surface area contributed by atoms with Crippen LogP contribution in [0.4, 0.5) is 0 Å². The quantitative estimate of drug-likeness (QED) is 0.736. The van der Waals surface area contributed by atoms with Crippen LogP contribution in [-0.2, 0) is 11.1 Å². The molecular formula is C20H17BO2. The first-order chi connectivity index (χ1) is 11.3. The van der Waals surface area contributed by atoms with Crippen molar-refractivity contribution in [3.8, 4) is 22.3 Å². The summed E-state index contributed by atoms with van der Waals surface area (Å²) in [6.45, 7) is 0.556. The zero-order valence-corrected chi connectivity index (χ0v) is 12.8. The molecule has 0 atom stereocenters. The van der Waals surface area contributed by atoms with Crippen LogP contribution in [0.3, 0.4) is 0 Å².